The average molecular weight is 251 g/mol. The SMILES string of the molecule is Cc1c(N)ncnc1Nc1cccc2ccncc12. The molecule has 5 heteroatoms. The molecule has 0 fully saturated rings. The number of nitrogen functional groups attached to an aromatic ring is 1. The lowest BCUT2D eigenvalue weighted by molar-refractivity contribution is 1.14. The number of benzene rings is 1. The molecule has 0 bridgehead atoms. The van der Waals surface area contributed by atoms with E-state index in [2.05, 4.69) is 20.3 Å². The van der Waals surface area contributed by atoms with Gasteiger partial charge in [-0.15, -0.1) is 0 Å². The maximum absolute atomic E-state index is 5.78. The van der Waals surface area contributed by atoms with Crippen LogP contribution in [0.5, 0.6) is 0 Å². The van der Waals surface area contributed by atoms with E-state index < -0.39 is 0 Å². The van der Waals surface area contributed by atoms with E-state index in [1.54, 1.807) is 6.20 Å². The lowest BCUT2D eigenvalue weighted by atomic mass is 10.1. The van der Waals surface area contributed by atoms with Gasteiger partial charge < -0.3 is 11.1 Å². The fourth-order valence-electron chi connectivity index (χ4n) is 1.94. The molecule has 0 aliphatic carbocycles. The second-order valence-electron chi connectivity index (χ2n) is 4.26. The standard InChI is InChI=1S/C14H13N5/c1-9-13(15)17-8-18-14(9)19-12-4-2-3-10-5-6-16-7-11(10)12/h2-8H,1H3,(H3,15,17,18,19). The summed E-state index contributed by atoms with van der Waals surface area (Å²) in [6.45, 7) is 1.89. The van der Waals surface area contributed by atoms with Gasteiger partial charge in [-0.25, -0.2) is 9.97 Å². The molecule has 0 aliphatic rings. The molecule has 0 saturated carbocycles. The Morgan fingerprint density at radius 3 is 2.95 bits per heavy atom. The number of nitrogens with two attached hydrogens (primary N) is 1. The first-order chi connectivity index (χ1) is 9.25. The minimum Gasteiger partial charge on any atom is -0.383 e. The van der Waals surface area contributed by atoms with Crippen LogP contribution < -0.4 is 11.1 Å². The zero-order chi connectivity index (χ0) is 13.2. The van der Waals surface area contributed by atoms with Gasteiger partial charge in [-0.2, -0.15) is 0 Å². The molecule has 2 aromatic heterocycles. The van der Waals surface area contributed by atoms with Crippen molar-refractivity contribution in [3.8, 4) is 0 Å². The predicted molar refractivity (Wildman–Crippen MR) is 76.2 cm³/mol. The van der Waals surface area contributed by atoms with Crippen molar-refractivity contribution >= 4 is 28.1 Å². The Morgan fingerprint density at radius 2 is 2.05 bits per heavy atom. The molecule has 0 aliphatic heterocycles. The van der Waals surface area contributed by atoms with Crippen LogP contribution in [0.3, 0.4) is 0 Å². The molecule has 3 N–H and O–H groups in total. The van der Waals surface area contributed by atoms with Crippen molar-refractivity contribution < 1.29 is 0 Å². The Kier molecular flexibility index (Phi) is 2.72. The van der Waals surface area contributed by atoms with Crippen molar-refractivity contribution in [3.05, 3.63) is 48.5 Å². The lowest BCUT2D eigenvalue weighted by Gasteiger charge is -2.11. The number of hydrogen-bond donors (Lipinski definition) is 2. The monoisotopic (exact) mass is 251 g/mol. The summed E-state index contributed by atoms with van der Waals surface area (Å²) < 4.78 is 0. The highest BCUT2D eigenvalue weighted by atomic mass is 15.0. The Labute approximate surface area is 110 Å². The molecule has 5 nitrogen and oxygen atoms in total. The molecule has 0 radical (unpaired) electrons. The number of nitrogens with one attached hydrogen (secondary N) is 1. The maximum Gasteiger partial charge on any atom is 0.138 e. The summed E-state index contributed by atoms with van der Waals surface area (Å²) in [6, 6.07) is 8.00. The van der Waals surface area contributed by atoms with E-state index in [1.165, 1.54) is 6.33 Å². The molecule has 19 heavy (non-hydrogen) atoms. The van der Waals surface area contributed by atoms with Gasteiger partial charge in [-0.1, -0.05) is 12.1 Å². The highest BCUT2D eigenvalue weighted by molar-refractivity contribution is 5.94. The first-order valence-electron chi connectivity index (χ1n) is 5.92. The molecule has 2 heterocycles. The van der Waals surface area contributed by atoms with Crippen molar-refractivity contribution in [2.24, 2.45) is 0 Å². The second kappa shape index (κ2) is 4.53. The number of pyridine rings is 1. The first kappa shape index (κ1) is 11.4. The molecule has 94 valence electrons. The van der Waals surface area contributed by atoms with Crippen LogP contribution in [-0.4, -0.2) is 15.0 Å². The summed E-state index contributed by atoms with van der Waals surface area (Å²) in [5, 5.41) is 5.45. The summed E-state index contributed by atoms with van der Waals surface area (Å²) in [5.74, 6) is 1.19. The normalized spacial score (nSPS) is 10.6. The molecule has 0 spiro atoms. The van der Waals surface area contributed by atoms with Gasteiger partial charge in [0.1, 0.15) is 18.0 Å². The van der Waals surface area contributed by atoms with Crippen LogP contribution in [0.4, 0.5) is 17.3 Å². The topological polar surface area (TPSA) is 76.7 Å². The molecule has 1 aromatic carbocycles. The molecule has 0 amide bonds. The van der Waals surface area contributed by atoms with Gasteiger partial charge >= 0.3 is 0 Å². The van der Waals surface area contributed by atoms with Crippen LogP contribution >= 0.6 is 0 Å². The van der Waals surface area contributed by atoms with Gasteiger partial charge in [0.2, 0.25) is 0 Å². The van der Waals surface area contributed by atoms with Gasteiger partial charge in [-0.05, 0) is 24.4 Å². The van der Waals surface area contributed by atoms with Crippen molar-refractivity contribution in [2.45, 2.75) is 6.92 Å². The van der Waals surface area contributed by atoms with Crippen LogP contribution in [0.25, 0.3) is 10.8 Å². The smallest absolute Gasteiger partial charge is 0.138 e. The van der Waals surface area contributed by atoms with E-state index in [0.29, 0.717) is 11.6 Å². The van der Waals surface area contributed by atoms with Crippen LogP contribution in [-0.2, 0) is 0 Å². The number of aromatic nitrogens is 3. The van der Waals surface area contributed by atoms with Crippen LogP contribution in [0.1, 0.15) is 5.56 Å². The Hall–Kier alpha value is -2.69. The minimum atomic E-state index is 0.482. The highest BCUT2D eigenvalue weighted by Crippen LogP contribution is 2.26. The molecule has 3 rings (SSSR count). The second-order valence-corrected chi connectivity index (χ2v) is 4.26. The molecule has 3 aromatic rings. The Morgan fingerprint density at radius 1 is 1.16 bits per heavy atom. The van der Waals surface area contributed by atoms with Crippen molar-refractivity contribution in [1.82, 2.24) is 15.0 Å². The number of fused-ring (bicyclic) bond motifs is 1. The fraction of sp³-hybridized carbons (Fsp3) is 0.0714. The first-order valence-corrected chi connectivity index (χ1v) is 5.92. The van der Waals surface area contributed by atoms with E-state index in [0.717, 1.165) is 22.0 Å². The Balaban J connectivity index is 2.09. The largest absolute Gasteiger partial charge is 0.383 e. The summed E-state index contributed by atoms with van der Waals surface area (Å²) >= 11 is 0. The highest BCUT2D eigenvalue weighted by Gasteiger charge is 2.06. The molecular weight excluding hydrogens is 238 g/mol. The quantitative estimate of drug-likeness (QED) is 0.732. The van der Waals surface area contributed by atoms with E-state index in [4.69, 9.17) is 5.73 Å². The summed E-state index contributed by atoms with van der Waals surface area (Å²) in [7, 11) is 0. The third kappa shape index (κ3) is 2.06. The van der Waals surface area contributed by atoms with Gasteiger partial charge in [0, 0.05) is 29.0 Å². The minimum absolute atomic E-state index is 0.482. The number of rotatable bonds is 2. The van der Waals surface area contributed by atoms with Gasteiger partial charge in [0.15, 0.2) is 0 Å². The van der Waals surface area contributed by atoms with Gasteiger partial charge in [-0.3, -0.25) is 4.98 Å². The Bertz CT molecular complexity index is 733. The average Bonchev–Trinajstić information content (AvgIpc) is 2.44. The number of anilines is 3. The van der Waals surface area contributed by atoms with Gasteiger partial charge in [0.25, 0.3) is 0 Å². The van der Waals surface area contributed by atoms with E-state index in [1.807, 2.05) is 37.4 Å². The maximum atomic E-state index is 5.78. The summed E-state index contributed by atoms with van der Waals surface area (Å²) in [4.78, 5) is 12.3. The van der Waals surface area contributed by atoms with Crippen molar-refractivity contribution in [3.63, 3.8) is 0 Å². The van der Waals surface area contributed by atoms with Gasteiger partial charge in [0.05, 0.1) is 0 Å². The summed E-state index contributed by atoms with van der Waals surface area (Å²) in [5.41, 5.74) is 7.57. The number of hydrogen-bond acceptors (Lipinski definition) is 5. The lowest BCUT2D eigenvalue weighted by Crippen LogP contribution is -2.02. The van der Waals surface area contributed by atoms with E-state index in [-0.39, 0.29) is 0 Å². The summed E-state index contributed by atoms with van der Waals surface area (Å²) in [6.07, 6.45) is 5.06. The zero-order valence-corrected chi connectivity index (χ0v) is 10.5. The van der Waals surface area contributed by atoms with Crippen LogP contribution in [0.15, 0.2) is 43.0 Å². The van der Waals surface area contributed by atoms with Crippen LogP contribution in [0, 0.1) is 6.92 Å². The van der Waals surface area contributed by atoms with Crippen LogP contribution in [0.2, 0.25) is 0 Å². The fourth-order valence-corrected chi connectivity index (χ4v) is 1.94. The van der Waals surface area contributed by atoms with E-state index in [9.17, 15) is 0 Å². The third-order valence-corrected chi connectivity index (χ3v) is 3.06. The van der Waals surface area contributed by atoms with Crippen molar-refractivity contribution in [2.75, 3.05) is 11.1 Å². The van der Waals surface area contributed by atoms with Crippen molar-refractivity contribution in [1.29, 1.82) is 0 Å². The number of nitrogens with zero attached hydrogens (tertiary/aromatic N) is 3. The molecule has 0 unspecified atom stereocenters. The zero-order valence-electron chi connectivity index (χ0n) is 10.5. The predicted octanol–water partition coefficient (Wildman–Crippen LogP) is 2.66. The molecule has 0 saturated heterocycles. The molecular formula is C14H13N5. The van der Waals surface area contributed by atoms with E-state index >= 15 is 0 Å². The third-order valence-electron chi connectivity index (χ3n) is 3.06. The molecule has 0 atom stereocenters.